The van der Waals surface area contributed by atoms with E-state index >= 15 is 0 Å². The van der Waals surface area contributed by atoms with Gasteiger partial charge in [0.25, 0.3) is 5.91 Å². The van der Waals surface area contributed by atoms with E-state index in [-0.39, 0.29) is 5.91 Å². The third-order valence-corrected chi connectivity index (χ3v) is 4.98. The lowest BCUT2D eigenvalue weighted by atomic mass is 9.93. The maximum absolute atomic E-state index is 12.2. The van der Waals surface area contributed by atoms with Crippen LogP contribution >= 0.6 is 11.3 Å². The predicted molar refractivity (Wildman–Crippen MR) is 77.5 cm³/mol. The highest BCUT2D eigenvalue weighted by molar-refractivity contribution is 7.18. The number of nitrogens with one attached hydrogen (secondary N) is 2. The second-order valence-electron chi connectivity index (χ2n) is 5.46. The first kappa shape index (κ1) is 12.7. The number of nitrogens with zero attached hydrogens (tertiary/aromatic N) is 1. The largest absolute Gasteiger partial charge is 0.382 e. The highest BCUT2D eigenvalue weighted by Gasteiger charge is 2.23. The zero-order valence-corrected chi connectivity index (χ0v) is 11.8. The van der Waals surface area contributed by atoms with Gasteiger partial charge in [0.1, 0.15) is 10.7 Å². The Labute approximate surface area is 117 Å². The van der Waals surface area contributed by atoms with Gasteiger partial charge in [-0.25, -0.2) is 4.98 Å². The van der Waals surface area contributed by atoms with E-state index in [9.17, 15) is 4.79 Å². The van der Waals surface area contributed by atoms with Gasteiger partial charge in [0, 0.05) is 12.1 Å². The normalized spacial score (nSPS) is 20.2. The second-order valence-corrected chi connectivity index (χ2v) is 6.46. The number of hydrogen-bond acceptors (Lipinski definition) is 5. The van der Waals surface area contributed by atoms with Gasteiger partial charge in [0.05, 0.1) is 0 Å². The molecule has 1 amide bonds. The van der Waals surface area contributed by atoms with Crippen molar-refractivity contribution in [3.8, 4) is 0 Å². The molecule has 0 spiro atoms. The minimum Gasteiger partial charge on any atom is -0.382 e. The Balaban J connectivity index is 1.63. The van der Waals surface area contributed by atoms with Crippen molar-refractivity contribution in [3.05, 3.63) is 4.88 Å². The van der Waals surface area contributed by atoms with Crippen LogP contribution in [-0.2, 0) is 0 Å². The summed E-state index contributed by atoms with van der Waals surface area (Å²) in [7, 11) is 0. The van der Waals surface area contributed by atoms with E-state index < -0.39 is 0 Å². The summed E-state index contributed by atoms with van der Waals surface area (Å²) in [5, 5.41) is 7.17. The summed E-state index contributed by atoms with van der Waals surface area (Å²) in [5.41, 5.74) is 5.85. The Morgan fingerprint density at radius 2 is 1.84 bits per heavy atom. The first-order chi connectivity index (χ1) is 9.22. The third-order valence-electron chi connectivity index (χ3n) is 3.98. The number of carbonyl (C=O) groups excluding carboxylic acids is 1. The average molecular weight is 280 g/mol. The van der Waals surface area contributed by atoms with E-state index in [0.29, 0.717) is 22.8 Å². The monoisotopic (exact) mass is 280 g/mol. The molecular weight excluding hydrogens is 260 g/mol. The molecule has 0 radical (unpaired) electrons. The van der Waals surface area contributed by atoms with Crippen LogP contribution in [0.1, 0.15) is 54.6 Å². The Bertz CT molecular complexity index is 463. The third kappa shape index (κ3) is 2.83. The number of amides is 1. The molecule has 0 aromatic carbocycles. The van der Waals surface area contributed by atoms with E-state index in [1.54, 1.807) is 0 Å². The van der Waals surface area contributed by atoms with Crippen molar-refractivity contribution in [1.29, 1.82) is 0 Å². The van der Waals surface area contributed by atoms with E-state index in [4.69, 9.17) is 5.73 Å². The average Bonchev–Trinajstić information content (AvgIpc) is 2.93. The minimum atomic E-state index is -0.0661. The molecule has 19 heavy (non-hydrogen) atoms. The Kier molecular flexibility index (Phi) is 3.59. The molecule has 0 unspecified atom stereocenters. The van der Waals surface area contributed by atoms with Gasteiger partial charge in [-0.3, -0.25) is 4.79 Å². The molecule has 104 valence electrons. The van der Waals surface area contributed by atoms with Crippen LogP contribution in [0, 0.1) is 0 Å². The summed E-state index contributed by atoms with van der Waals surface area (Å²) < 4.78 is 0. The molecule has 6 heteroatoms. The van der Waals surface area contributed by atoms with Crippen LogP contribution in [0.15, 0.2) is 0 Å². The highest BCUT2D eigenvalue weighted by Crippen LogP contribution is 2.30. The molecular formula is C13H20N4OS. The molecule has 3 rings (SSSR count). The van der Waals surface area contributed by atoms with E-state index in [0.717, 1.165) is 18.0 Å². The SMILES string of the molecule is Nc1nc(NC2CCC2)sc1C(=O)NC1CCCC1. The molecule has 0 bridgehead atoms. The fourth-order valence-corrected chi connectivity index (χ4v) is 3.47. The Hall–Kier alpha value is -1.30. The second kappa shape index (κ2) is 5.36. The number of nitrogen functional groups attached to an aromatic ring is 1. The molecule has 2 aliphatic carbocycles. The van der Waals surface area contributed by atoms with Crippen LogP contribution in [0.3, 0.4) is 0 Å². The van der Waals surface area contributed by atoms with Gasteiger partial charge in [-0.2, -0.15) is 0 Å². The van der Waals surface area contributed by atoms with Gasteiger partial charge in [-0.05, 0) is 32.1 Å². The lowest BCUT2D eigenvalue weighted by Gasteiger charge is -2.25. The van der Waals surface area contributed by atoms with Gasteiger partial charge < -0.3 is 16.4 Å². The van der Waals surface area contributed by atoms with E-state index in [2.05, 4.69) is 15.6 Å². The van der Waals surface area contributed by atoms with Crippen molar-refractivity contribution >= 4 is 28.2 Å². The number of nitrogens with two attached hydrogens (primary N) is 1. The van der Waals surface area contributed by atoms with Crippen molar-refractivity contribution < 1.29 is 4.79 Å². The van der Waals surface area contributed by atoms with Crippen LogP contribution in [0.2, 0.25) is 0 Å². The van der Waals surface area contributed by atoms with Gasteiger partial charge in [-0.15, -0.1) is 0 Å². The molecule has 0 aliphatic heterocycles. The Morgan fingerprint density at radius 3 is 2.47 bits per heavy atom. The van der Waals surface area contributed by atoms with Gasteiger partial charge >= 0.3 is 0 Å². The first-order valence-electron chi connectivity index (χ1n) is 7.06. The number of thiazole rings is 1. The van der Waals surface area contributed by atoms with Crippen molar-refractivity contribution in [1.82, 2.24) is 10.3 Å². The van der Waals surface area contributed by atoms with Crippen LogP contribution in [0.4, 0.5) is 10.9 Å². The summed E-state index contributed by atoms with van der Waals surface area (Å²) in [6.45, 7) is 0. The standard InChI is InChI=1S/C13H20N4OS/c14-11-10(12(18)15-8-4-1-2-5-8)19-13(17-11)16-9-6-3-7-9/h8-9H,1-7,14H2,(H,15,18)(H,16,17). The van der Waals surface area contributed by atoms with Crippen molar-refractivity contribution in [3.63, 3.8) is 0 Å². The number of hydrogen-bond donors (Lipinski definition) is 3. The van der Waals surface area contributed by atoms with Gasteiger partial charge in [0.15, 0.2) is 5.13 Å². The number of aromatic nitrogens is 1. The number of carbonyl (C=O) groups is 1. The smallest absolute Gasteiger partial charge is 0.265 e. The topological polar surface area (TPSA) is 80.0 Å². The van der Waals surface area contributed by atoms with Crippen LogP contribution in [0.25, 0.3) is 0 Å². The lowest BCUT2D eigenvalue weighted by Crippen LogP contribution is -2.32. The summed E-state index contributed by atoms with van der Waals surface area (Å²) in [6.07, 6.45) is 8.21. The molecule has 4 N–H and O–H groups in total. The fraction of sp³-hybridized carbons (Fsp3) is 0.692. The zero-order chi connectivity index (χ0) is 13.2. The predicted octanol–water partition coefficient (Wildman–Crippen LogP) is 2.36. The van der Waals surface area contributed by atoms with Crippen LogP contribution in [-0.4, -0.2) is 23.0 Å². The summed E-state index contributed by atoms with van der Waals surface area (Å²) >= 11 is 1.37. The minimum absolute atomic E-state index is 0.0661. The van der Waals surface area contributed by atoms with Gasteiger partial charge in [0.2, 0.25) is 0 Å². The molecule has 0 atom stereocenters. The molecule has 2 saturated carbocycles. The lowest BCUT2D eigenvalue weighted by molar-refractivity contribution is 0.0942. The molecule has 1 heterocycles. The van der Waals surface area contributed by atoms with Crippen LogP contribution < -0.4 is 16.4 Å². The molecule has 0 saturated heterocycles. The quantitative estimate of drug-likeness (QED) is 0.791. The molecule has 1 aromatic rings. The molecule has 2 fully saturated rings. The molecule has 2 aliphatic rings. The van der Waals surface area contributed by atoms with Gasteiger partial charge in [-0.1, -0.05) is 24.2 Å². The maximum Gasteiger partial charge on any atom is 0.265 e. The summed E-state index contributed by atoms with van der Waals surface area (Å²) in [4.78, 5) is 17.0. The number of rotatable bonds is 4. The first-order valence-corrected chi connectivity index (χ1v) is 7.88. The molecule has 5 nitrogen and oxygen atoms in total. The fourth-order valence-electron chi connectivity index (χ4n) is 2.60. The van der Waals surface area contributed by atoms with Crippen molar-refractivity contribution in [2.75, 3.05) is 11.1 Å². The summed E-state index contributed by atoms with van der Waals surface area (Å²) in [6, 6.07) is 0.827. The van der Waals surface area contributed by atoms with Crippen molar-refractivity contribution in [2.24, 2.45) is 0 Å². The van der Waals surface area contributed by atoms with E-state index in [1.165, 1.54) is 43.4 Å². The zero-order valence-electron chi connectivity index (χ0n) is 10.9. The number of anilines is 2. The maximum atomic E-state index is 12.2. The molecule has 1 aromatic heterocycles. The van der Waals surface area contributed by atoms with Crippen LogP contribution in [0.5, 0.6) is 0 Å². The summed E-state index contributed by atoms with van der Waals surface area (Å²) in [5.74, 6) is 0.283. The van der Waals surface area contributed by atoms with E-state index in [1.807, 2.05) is 0 Å². The highest BCUT2D eigenvalue weighted by atomic mass is 32.1. The Morgan fingerprint density at radius 1 is 1.16 bits per heavy atom. The van der Waals surface area contributed by atoms with Crippen molar-refractivity contribution in [2.45, 2.75) is 57.0 Å².